The molecule has 3 rings (SSSR count). The van der Waals surface area contributed by atoms with Crippen LogP contribution in [0.15, 0.2) is 53.4 Å². The minimum atomic E-state index is -3.75. The molecule has 5 nitrogen and oxygen atoms in total. The predicted octanol–water partition coefficient (Wildman–Crippen LogP) is 2.67. The van der Waals surface area contributed by atoms with Crippen molar-refractivity contribution in [3.63, 3.8) is 0 Å². The van der Waals surface area contributed by atoms with Gasteiger partial charge in [0.25, 0.3) is 10.0 Å². The van der Waals surface area contributed by atoms with Crippen molar-refractivity contribution in [2.24, 2.45) is 0 Å². The molecule has 2 aromatic carbocycles. The van der Waals surface area contributed by atoms with E-state index in [1.807, 2.05) is 0 Å². The zero-order valence-electron chi connectivity index (χ0n) is 12.5. The molecule has 1 heterocycles. The number of fused-ring (bicyclic) bond motifs is 1. The van der Waals surface area contributed by atoms with Gasteiger partial charge in [-0.15, -0.1) is 0 Å². The Bertz CT molecular complexity index is 920. The molecule has 0 atom stereocenters. The van der Waals surface area contributed by atoms with Crippen molar-refractivity contribution >= 4 is 27.8 Å². The number of carboxylic acids is 1. The topological polar surface area (TPSA) is 74.7 Å². The van der Waals surface area contributed by atoms with Crippen LogP contribution < -0.4 is 4.31 Å². The lowest BCUT2D eigenvalue weighted by molar-refractivity contribution is -0.131. The number of nitrogens with zero attached hydrogens (tertiary/aromatic N) is 1. The Kier molecular flexibility index (Phi) is 4.11. The van der Waals surface area contributed by atoms with E-state index in [1.165, 1.54) is 22.5 Å². The highest BCUT2D eigenvalue weighted by atomic mass is 32.2. The predicted molar refractivity (Wildman–Crippen MR) is 87.7 cm³/mol. The molecule has 0 fully saturated rings. The smallest absolute Gasteiger partial charge is 0.328 e. The van der Waals surface area contributed by atoms with Gasteiger partial charge in [0.15, 0.2) is 0 Å². The molecule has 0 bridgehead atoms. The molecule has 0 saturated carbocycles. The highest BCUT2D eigenvalue weighted by Gasteiger charge is 2.30. The van der Waals surface area contributed by atoms with Crippen LogP contribution in [0.3, 0.4) is 0 Å². The van der Waals surface area contributed by atoms with E-state index >= 15 is 0 Å². The van der Waals surface area contributed by atoms with Crippen LogP contribution in [-0.4, -0.2) is 26.0 Å². The van der Waals surface area contributed by atoms with Crippen LogP contribution in [0.4, 0.5) is 10.1 Å². The van der Waals surface area contributed by atoms with Gasteiger partial charge in [0.1, 0.15) is 5.82 Å². The van der Waals surface area contributed by atoms with Gasteiger partial charge in [0.05, 0.1) is 10.6 Å². The van der Waals surface area contributed by atoms with Crippen molar-refractivity contribution < 1.29 is 22.7 Å². The summed E-state index contributed by atoms with van der Waals surface area (Å²) in [5.74, 6) is -1.54. The zero-order chi connectivity index (χ0) is 17.3. The second-order valence-electron chi connectivity index (χ2n) is 5.34. The van der Waals surface area contributed by atoms with E-state index in [4.69, 9.17) is 5.11 Å². The van der Waals surface area contributed by atoms with Crippen molar-refractivity contribution in [2.75, 3.05) is 10.8 Å². The van der Waals surface area contributed by atoms with Gasteiger partial charge in [-0.3, -0.25) is 4.31 Å². The lowest BCUT2D eigenvalue weighted by Gasteiger charge is -2.19. The van der Waals surface area contributed by atoms with Gasteiger partial charge in [-0.25, -0.2) is 17.6 Å². The fourth-order valence-corrected chi connectivity index (χ4v) is 4.15. The number of rotatable bonds is 4. The normalized spacial score (nSPS) is 14.1. The van der Waals surface area contributed by atoms with E-state index in [0.29, 0.717) is 24.2 Å². The molecule has 124 valence electrons. The fraction of sp³-hybridized carbons (Fsp3) is 0.118. The van der Waals surface area contributed by atoms with Crippen LogP contribution in [0.2, 0.25) is 0 Å². The molecule has 0 aliphatic carbocycles. The van der Waals surface area contributed by atoms with Crippen molar-refractivity contribution in [1.29, 1.82) is 0 Å². The standard InChI is InChI=1S/C17H14FNO4S/c18-14-3-5-15(6-4-14)24(22,23)19-10-9-13-11-12(1-7-16(13)19)2-8-17(20)21/h1-8,11H,9-10H2,(H,20,21). The van der Waals surface area contributed by atoms with E-state index in [0.717, 1.165) is 23.8 Å². The van der Waals surface area contributed by atoms with Crippen LogP contribution in [-0.2, 0) is 21.2 Å². The molecule has 0 saturated heterocycles. The molecule has 0 spiro atoms. The summed E-state index contributed by atoms with van der Waals surface area (Å²) < 4.78 is 39.7. The first-order valence-electron chi connectivity index (χ1n) is 7.20. The molecule has 7 heteroatoms. The summed E-state index contributed by atoms with van der Waals surface area (Å²) in [4.78, 5) is 10.6. The van der Waals surface area contributed by atoms with Gasteiger partial charge in [0, 0.05) is 12.6 Å². The highest BCUT2D eigenvalue weighted by molar-refractivity contribution is 7.92. The third kappa shape index (κ3) is 3.03. The molecule has 1 aliphatic rings. The number of sulfonamides is 1. The molecule has 2 aromatic rings. The molecular weight excluding hydrogens is 333 g/mol. The number of anilines is 1. The monoisotopic (exact) mass is 347 g/mol. The molecule has 24 heavy (non-hydrogen) atoms. The largest absolute Gasteiger partial charge is 0.478 e. The van der Waals surface area contributed by atoms with E-state index in [2.05, 4.69) is 0 Å². The van der Waals surface area contributed by atoms with Crippen molar-refractivity contribution in [2.45, 2.75) is 11.3 Å². The second-order valence-corrected chi connectivity index (χ2v) is 7.20. The van der Waals surface area contributed by atoms with Crippen LogP contribution >= 0.6 is 0 Å². The van der Waals surface area contributed by atoms with Crippen molar-refractivity contribution in [1.82, 2.24) is 0 Å². The fourth-order valence-electron chi connectivity index (χ4n) is 2.65. The van der Waals surface area contributed by atoms with Gasteiger partial charge in [0.2, 0.25) is 0 Å². The van der Waals surface area contributed by atoms with Crippen molar-refractivity contribution in [3.05, 3.63) is 65.5 Å². The van der Waals surface area contributed by atoms with Gasteiger partial charge < -0.3 is 5.11 Å². The Morgan fingerprint density at radius 3 is 2.54 bits per heavy atom. The van der Waals surface area contributed by atoms with Crippen LogP contribution in [0.1, 0.15) is 11.1 Å². The number of aliphatic carboxylic acids is 1. The van der Waals surface area contributed by atoms with Gasteiger partial charge in [-0.05, 0) is 60.0 Å². The molecule has 0 unspecified atom stereocenters. The Morgan fingerprint density at radius 1 is 1.17 bits per heavy atom. The number of halogens is 1. The van der Waals surface area contributed by atoms with E-state index in [9.17, 15) is 17.6 Å². The number of hydrogen-bond acceptors (Lipinski definition) is 3. The average molecular weight is 347 g/mol. The summed E-state index contributed by atoms with van der Waals surface area (Å²) in [5, 5.41) is 8.66. The summed E-state index contributed by atoms with van der Waals surface area (Å²) >= 11 is 0. The minimum Gasteiger partial charge on any atom is -0.478 e. The number of benzene rings is 2. The lowest BCUT2D eigenvalue weighted by atomic mass is 10.1. The Labute approximate surface area is 138 Å². The first-order valence-corrected chi connectivity index (χ1v) is 8.64. The van der Waals surface area contributed by atoms with E-state index < -0.39 is 21.8 Å². The molecular formula is C17H14FNO4S. The minimum absolute atomic E-state index is 0.0339. The van der Waals surface area contributed by atoms with Gasteiger partial charge in [-0.1, -0.05) is 6.07 Å². The Balaban J connectivity index is 1.94. The van der Waals surface area contributed by atoms with Gasteiger partial charge >= 0.3 is 5.97 Å². The molecule has 0 radical (unpaired) electrons. The average Bonchev–Trinajstić information content (AvgIpc) is 2.97. The number of hydrogen-bond donors (Lipinski definition) is 1. The Hall–Kier alpha value is -2.67. The summed E-state index contributed by atoms with van der Waals surface area (Å²) in [7, 11) is -3.75. The molecule has 0 aromatic heterocycles. The summed E-state index contributed by atoms with van der Waals surface area (Å²) in [6.45, 7) is 0.293. The zero-order valence-corrected chi connectivity index (χ0v) is 13.3. The maximum absolute atomic E-state index is 13.0. The maximum atomic E-state index is 13.0. The first kappa shape index (κ1) is 16.2. The third-order valence-corrected chi connectivity index (χ3v) is 5.60. The molecule has 1 aliphatic heterocycles. The van der Waals surface area contributed by atoms with E-state index in [-0.39, 0.29) is 4.90 Å². The van der Waals surface area contributed by atoms with E-state index in [1.54, 1.807) is 18.2 Å². The Morgan fingerprint density at radius 2 is 1.88 bits per heavy atom. The molecule has 1 N–H and O–H groups in total. The van der Waals surface area contributed by atoms with Gasteiger partial charge in [-0.2, -0.15) is 0 Å². The third-order valence-electron chi connectivity index (χ3n) is 3.78. The number of carbonyl (C=O) groups is 1. The second kappa shape index (κ2) is 6.09. The SMILES string of the molecule is O=C(O)C=Cc1ccc2c(c1)CCN2S(=O)(=O)c1ccc(F)cc1. The summed E-state index contributed by atoms with van der Waals surface area (Å²) in [6, 6.07) is 9.81. The maximum Gasteiger partial charge on any atom is 0.328 e. The van der Waals surface area contributed by atoms with Crippen LogP contribution in [0, 0.1) is 5.82 Å². The summed E-state index contributed by atoms with van der Waals surface area (Å²) in [6.07, 6.45) is 3.02. The molecule has 0 amide bonds. The lowest BCUT2D eigenvalue weighted by Crippen LogP contribution is -2.29. The first-order chi connectivity index (χ1) is 11.4. The quantitative estimate of drug-likeness (QED) is 0.863. The van der Waals surface area contributed by atoms with Crippen LogP contribution in [0.5, 0.6) is 0 Å². The highest BCUT2D eigenvalue weighted by Crippen LogP contribution is 2.33. The van der Waals surface area contributed by atoms with Crippen molar-refractivity contribution in [3.8, 4) is 0 Å². The number of carboxylic acid groups (broad SMARTS) is 1. The summed E-state index contributed by atoms with van der Waals surface area (Å²) in [5.41, 5.74) is 2.08. The van der Waals surface area contributed by atoms with Crippen LogP contribution in [0.25, 0.3) is 6.08 Å².